The molecule has 5 heterocycles. The lowest BCUT2D eigenvalue weighted by molar-refractivity contribution is 0.252. The van der Waals surface area contributed by atoms with E-state index in [4.69, 9.17) is 9.72 Å². The predicted molar refractivity (Wildman–Crippen MR) is 222 cm³/mol. The van der Waals surface area contributed by atoms with E-state index in [1.54, 1.807) is 11.8 Å². The van der Waals surface area contributed by atoms with Crippen molar-refractivity contribution >= 4 is 56.6 Å². The van der Waals surface area contributed by atoms with Crippen molar-refractivity contribution in [2.45, 2.75) is 88.8 Å². The summed E-state index contributed by atoms with van der Waals surface area (Å²) in [5, 5.41) is 38.9. The molecule has 1 aromatic heterocycles. The Hall–Kier alpha value is -5.34. The van der Waals surface area contributed by atoms with Crippen LogP contribution in [0, 0.1) is 13.8 Å². The van der Waals surface area contributed by atoms with Gasteiger partial charge in [-0.1, -0.05) is 89.7 Å². The van der Waals surface area contributed by atoms with E-state index in [-0.39, 0.29) is 33.7 Å². The topological polar surface area (TPSA) is 98.7 Å². The maximum atomic E-state index is 12.3. The number of fused-ring (bicyclic) bond motifs is 12. The number of pyridine rings is 1. The second-order valence-corrected chi connectivity index (χ2v) is 18.5. The van der Waals surface area contributed by atoms with Crippen LogP contribution in [-0.4, -0.2) is 15.2 Å². The number of nitrogens with zero attached hydrogens (tertiary/aromatic N) is 1. The lowest BCUT2D eigenvalue weighted by Gasteiger charge is -2.29. The Morgan fingerprint density at radius 2 is 1.41 bits per heavy atom. The Labute approximate surface area is 319 Å². The summed E-state index contributed by atoms with van der Waals surface area (Å²) in [6.07, 6.45) is 3.62. The van der Waals surface area contributed by atoms with E-state index in [2.05, 4.69) is 138 Å². The standard InChI is InChI=1S/C46H44N4O3S/c1-21-15-25-16-22(2)42-38-34(25)37-41(21)53-43(49-37)30-19-26(45(3,4)5)17-28(39(30)51)32-13-11-23-9-10-24-12-14-33(48-36(24)35(23)47-32)29-18-27(46(6,7)8)20-31(40(29)52)44(50-38)54-42/h9-20,33,43-44,48-52H,1-8H3. The Morgan fingerprint density at radius 1 is 0.704 bits per heavy atom. The number of hydrogen-bond donors (Lipinski definition) is 5. The molecule has 54 heavy (non-hydrogen) atoms. The maximum absolute atomic E-state index is 12.3. The van der Waals surface area contributed by atoms with E-state index in [1.807, 2.05) is 6.07 Å². The first-order valence-electron chi connectivity index (χ1n) is 18.7. The molecule has 3 atom stereocenters. The van der Waals surface area contributed by atoms with Crippen LogP contribution in [0.25, 0.3) is 39.0 Å². The number of aromatic nitrogens is 1. The minimum atomic E-state index is -0.634. The fourth-order valence-electron chi connectivity index (χ4n) is 8.50. The minimum Gasteiger partial charge on any atom is -0.507 e. The van der Waals surface area contributed by atoms with Gasteiger partial charge in [-0.05, 0) is 94.3 Å². The largest absolute Gasteiger partial charge is 0.507 e. The summed E-state index contributed by atoms with van der Waals surface area (Å²) in [7, 11) is 0. The first-order valence-corrected chi connectivity index (χ1v) is 19.6. The molecule has 3 unspecified atom stereocenters. The highest BCUT2D eigenvalue weighted by atomic mass is 32.2. The Morgan fingerprint density at radius 3 is 2.19 bits per heavy atom. The van der Waals surface area contributed by atoms with E-state index >= 15 is 0 Å². The molecular formula is C46H44N4O3S. The van der Waals surface area contributed by atoms with Crippen LogP contribution < -0.4 is 20.7 Å². The SMILES string of the molecule is Cc1cc2cc(C)c3c4c2c2c1OC(N2)c1cc(C(C)(C)C)cc(c1O)-c1ccc2ccc5c(c2n1)NC(C=C5)c1cc(C(C)(C)C)cc(c1O)C(N4)S3. The molecule has 0 spiro atoms. The number of rotatable bonds is 0. The molecule has 4 aliphatic rings. The van der Waals surface area contributed by atoms with Gasteiger partial charge in [0.05, 0.1) is 39.9 Å². The van der Waals surface area contributed by atoms with Crippen LogP contribution >= 0.6 is 11.8 Å². The summed E-state index contributed by atoms with van der Waals surface area (Å²) in [4.78, 5) is 6.44. The minimum absolute atomic E-state index is 0.140. The van der Waals surface area contributed by atoms with E-state index in [0.717, 1.165) is 82.8 Å². The molecule has 0 aliphatic carbocycles. The van der Waals surface area contributed by atoms with Crippen LogP contribution in [0.3, 0.4) is 0 Å². The van der Waals surface area contributed by atoms with Crippen LogP contribution in [-0.2, 0) is 10.8 Å². The van der Waals surface area contributed by atoms with Gasteiger partial charge in [0.25, 0.3) is 0 Å². The highest BCUT2D eigenvalue weighted by Gasteiger charge is 2.37. The average Bonchev–Trinajstić information content (AvgIpc) is 3.77. The van der Waals surface area contributed by atoms with Crippen molar-refractivity contribution in [2.75, 3.05) is 16.0 Å². The van der Waals surface area contributed by atoms with Crippen molar-refractivity contribution < 1.29 is 14.9 Å². The van der Waals surface area contributed by atoms with Crippen molar-refractivity contribution in [3.05, 3.63) is 111 Å². The summed E-state index contributed by atoms with van der Waals surface area (Å²) < 4.78 is 6.81. The zero-order valence-corrected chi connectivity index (χ0v) is 32.6. The molecule has 0 saturated heterocycles. The van der Waals surface area contributed by atoms with Crippen LogP contribution in [0.4, 0.5) is 17.1 Å². The molecule has 5 aromatic carbocycles. The van der Waals surface area contributed by atoms with Crippen molar-refractivity contribution in [3.8, 4) is 28.5 Å². The zero-order valence-electron chi connectivity index (χ0n) is 31.8. The van der Waals surface area contributed by atoms with Crippen molar-refractivity contribution in [1.29, 1.82) is 0 Å². The highest BCUT2D eigenvalue weighted by molar-refractivity contribution is 8.00. The number of nitrogens with one attached hydrogen (secondary N) is 3. The van der Waals surface area contributed by atoms with Crippen molar-refractivity contribution in [1.82, 2.24) is 4.98 Å². The summed E-state index contributed by atoms with van der Waals surface area (Å²) in [5.41, 5.74) is 12.3. The number of phenols is 2. The van der Waals surface area contributed by atoms with Crippen molar-refractivity contribution in [3.63, 3.8) is 0 Å². The number of thioether (sulfide) groups is 1. The normalized spacial score (nSPS) is 19.1. The third kappa shape index (κ3) is 4.85. The number of aromatic hydroxyl groups is 2. The molecule has 6 aromatic rings. The van der Waals surface area contributed by atoms with Gasteiger partial charge >= 0.3 is 0 Å². The lowest BCUT2D eigenvalue weighted by atomic mass is 9.83. The maximum Gasteiger partial charge on any atom is 0.200 e. The molecule has 0 fully saturated rings. The van der Waals surface area contributed by atoms with E-state index in [9.17, 15) is 10.2 Å². The zero-order chi connectivity index (χ0) is 37.6. The highest BCUT2D eigenvalue weighted by Crippen LogP contribution is 2.58. The molecule has 272 valence electrons. The van der Waals surface area contributed by atoms with Gasteiger partial charge in [-0.25, -0.2) is 4.98 Å². The predicted octanol–water partition coefficient (Wildman–Crippen LogP) is 11.9. The van der Waals surface area contributed by atoms with Crippen LogP contribution in [0.1, 0.15) is 104 Å². The fourth-order valence-corrected chi connectivity index (χ4v) is 9.74. The van der Waals surface area contributed by atoms with Gasteiger partial charge in [-0.2, -0.15) is 0 Å². The van der Waals surface area contributed by atoms with E-state index < -0.39 is 6.23 Å². The second kappa shape index (κ2) is 11.1. The molecule has 5 N–H and O–H groups in total. The number of anilines is 3. The lowest BCUT2D eigenvalue weighted by Crippen LogP contribution is -2.18. The van der Waals surface area contributed by atoms with Crippen molar-refractivity contribution in [2.24, 2.45) is 0 Å². The molecule has 4 aliphatic heterocycles. The monoisotopic (exact) mass is 732 g/mol. The molecule has 10 rings (SSSR count). The molecule has 0 saturated carbocycles. The molecule has 7 nitrogen and oxygen atoms in total. The van der Waals surface area contributed by atoms with Gasteiger partial charge in [0.2, 0.25) is 0 Å². The van der Waals surface area contributed by atoms with Crippen LogP contribution in [0.2, 0.25) is 0 Å². The van der Waals surface area contributed by atoms with Gasteiger partial charge < -0.3 is 30.9 Å². The first kappa shape index (κ1) is 33.2. The number of benzene rings is 5. The fraction of sp³-hybridized carbons (Fsp3) is 0.283. The molecule has 0 amide bonds. The van der Waals surface area contributed by atoms with Gasteiger partial charge in [0, 0.05) is 32.4 Å². The summed E-state index contributed by atoms with van der Waals surface area (Å²) in [6, 6.07) is 20.9. The quantitative estimate of drug-likeness (QED) is 0.105. The van der Waals surface area contributed by atoms with Crippen LogP contribution in [0.5, 0.6) is 17.2 Å². The Bertz CT molecular complexity index is 2690. The van der Waals surface area contributed by atoms with Gasteiger partial charge in [-0.3, -0.25) is 0 Å². The van der Waals surface area contributed by atoms with Crippen LogP contribution in [0.15, 0.2) is 71.6 Å². The van der Waals surface area contributed by atoms with Gasteiger partial charge in [0.1, 0.15) is 22.6 Å². The average molecular weight is 733 g/mol. The Kier molecular flexibility index (Phi) is 6.84. The number of phenolic OH excluding ortho intramolecular Hbond substituents is 2. The second-order valence-electron chi connectivity index (χ2n) is 17.4. The first-order chi connectivity index (χ1) is 25.6. The van der Waals surface area contributed by atoms with E-state index in [0.29, 0.717) is 16.8 Å². The Balaban J connectivity index is 1.29. The third-order valence-corrected chi connectivity index (χ3v) is 13.0. The van der Waals surface area contributed by atoms with E-state index in [1.165, 1.54) is 5.56 Å². The number of aryl methyl sites for hydroxylation is 2. The third-order valence-electron chi connectivity index (χ3n) is 11.6. The van der Waals surface area contributed by atoms with Gasteiger partial charge in [0.15, 0.2) is 6.23 Å². The molecule has 12 bridgehead atoms. The summed E-state index contributed by atoms with van der Waals surface area (Å²) >= 11 is 1.74. The smallest absolute Gasteiger partial charge is 0.200 e. The summed E-state index contributed by atoms with van der Waals surface area (Å²) in [6.45, 7) is 17.5. The molecule has 8 heteroatoms. The number of hydrogen-bond acceptors (Lipinski definition) is 8. The molecule has 0 radical (unpaired) electrons. The number of ether oxygens (including phenoxy) is 1. The molecular weight excluding hydrogens is 689 g/mol. The summed E-state index contributed by atoms with van der Waals surface area (Å²) in [5.74, 6) is 1.19. The van der Waals surface area contributed by atoms with Gasteiger partial charge in [-0.15, -0.1) is 0 Å².